The monoisotopic (exact) mass is 208 g/mol. The van der Waals surface area contributed by atoms with Gasteiger partial charge in [-0.25, -0.2) is 0 Å². The van der Waals surface area contributed by atoms with E-state index in [2.05, 4.69) is 37.2 Å². The van der Waals surface area contributed by atoms with Crippen molar-refractivity contribution in [3.05, 3.63) is 24.3 Å². The summed E-state index contributed by atoms with van der Waals surface area (Å²) in [7, 11) is 0. The van der Waals surface area contributed by atoms with E-state index in [1.54, 1.807) is 0 Å². The Morgan fingerprint density at radius 3 is 1.87 bits per heavy atom. The normalized spacial score (nSPS) is 11.3. The number of carbonyl (C=O) groups is 2. The Kier molecular flexibility index (Phi) is 15.3. The van der Waals surface area contributed by atoms with Gasteiger partial charge in [0.05, 0.1) is 6.42 Å². The molecule has 0 atom stereocenters. The first-order valence-electron chi connectivity index (χ1n) is 4.58. The van der Waals surface area contributed by atoms with Gasteiger partial charge < -0.3 is 9.90 Å². The molecule has 1 aliphatic rings. The zero-order valence-electron chi connectivity index (χ0n) is 8.63. The smallest absolute Gasteiger partial charge is 0.303 e. The fourth-order valence-electron chi connectivity index (χ4n) is 0.724. The molecule has 1 N–H and O–H groups in total. The molecule has 0 radical (unpaired) electrons. The molecule has 0 bridgehead atoms. The zero-order valence-corrected chi connectivity index (χ0v) is 8.63. The molecule has 3 nitrogen and oxygen atoms in total. The number of allylic oxidation sites excluding steroid dienone is 4. The molecule has 15 heavy (non-hydrogen) atoms. The van der Waals surface area contributed by atoms with Gasteiger partial charge in [-0.1, -0.05) is 24.3 Å². The van der Waals surface area contributed by atoms with E-state index in [4.69, 9.17) is 5.11 Å². The SMILES string of the molecule is C#C.C1=CCCC=C1.O=CCCC(=O)O. The van der Waals surface area contributed by atoms with E-state index in [0.29, 0.717) is 6.29 Å². The fourth-order valence-corrected chi connectivity index (χ4v) is 0.724. The third-order valence-electron chi connectivity index (χ3n) is 1.36. The second-order valence-corrected chi connectivity index (χ2v) is 2.53. The van der Waals surface area contributed by atoms with Gasteiger partial charge in [0.1, 0.15) is 6.29 Å². The number of carboxylic acid groups (broad SMARTS) is 1. The van der Waals surface area contributed by atoms with E-state index < -0.39 is 5.97 Å². The Morgan fingerprint density at radius 2 is 1.73 bits per heavy atom. The summed E-state index contributed by atoms with van der Waals surface area (Å²) in [6.07, 6.45) is 19.7. The molecular formula is C12H16O3. The Labute approximate surface area is 90.5 Å². The summed E-state index contributed by atoms with van der Waals surface area (Å²) in [5.74, 6) is -0.924. The predicted molar refractivity (Wildman–Crippen MR) is 60.3 cm³/mol. The molecule has 0 heterocycles. The second-order valence-electron chi connectivity index (χ2n) is 2.53. The van der Waals surface area contributed by atoms with Crippen molar-refractivity contribution in [2.45, 2.75) is 25.7 Å². The van der Waals surface area contributed by atoms with Crippen LogP contribution in [0.4, 0.5) is 0 Å². The number of hydrogen-bond donors (Lipinski definition) is 1. The minimum absolute atomic E-state index is 0.0521. The van der Waals surface area contributed by atoms with Crippen LogP contribution in [0.2, 0.25) is 0 Å². The zero-order chi connectivity index (χ0) is 11.9. The quantitative estimate of drug-likeness (QED) is 0.571. The van der Waals surface area contributed by atoms with Gasteiger partial charge in [0.15, 0.2) is 0 Å². The maximum Gasteiger partial charge on any atom is 0.303 e. The summed E-state index contributed by atoms with van der Waals surface area (Å²) in [6, 6.07) is 0. The molecule has 0 amide bonds. The lowest BCUT2D eigenvalue weighted by Gasteiger charge is -1.88. The number of terminal acetylenes is 1. The van der Waals surface area contributed by atoms with Crippen LogP contribution in [0.1, 0.15) is 25.7 Å². The Balaban J connectivity index is 0. The van der Waals surface area contributed by atoms with Crippen LogP contribution in [0, 0.1) is 12.8 Å². The van der Waals surface area contributed by atoms with Gasteiger partial charge in [0.25, 0.3) is 0 Å². The summed E-state index contributed by atoms with van der Waals surface area (Å²) < 4.78 is 0. The average Bonchev–Trinajstić information content (AvgIpc) is 2.32. The lowest BCUT2D eigenvalue weighted by Crippen LogP contribution is -1.93. The number of carboxylic acids is 1. The third kappa shape index (κ3) is 18.9. The predicted octanol–water partition coefficient (Wildman–Crippen LogP) is 2.19. The molecule has 0 spiro atoms. The highest BCUT2D eigenvalue weighted by Crippen LogP contribution is 1.98. The molecule has 0 fully saturated rings. The molecule has 1 rings (SSSR count). The van der Waals surface area contributed by atoms with Crippen LogP contribution in [0.15, 0.2) is 24.3 Å². The minimum Gasteiger partial charge on any atom is -0.481 e. The van der Waals surface area contributed by atoms with Gasteiger partial charge in [-0.15, -0.1) is 12.8 Å². The first kappa shape index (κ1) is 15.6. The van der Waals surface area contributed by atoms with Gasteiger partial charge in [0.2, 0.25) is 0 Å². The van der Waals surface area contributed by atoms with Crippen LogP contribution in [-0.4, -0.2) is 17.4 Å². The number of aldehydes is 1. The molecule has 0 aromatic heterocycles. The highest BCUT2D eigenvalue weighted by Gasteiger charge is 1.91. The largest absolute Gasteiger partial charge is 0.481 e. The van der Waals surface area contributed by atoms with Crippen molar-refractivity contribution in [1.29, 1.82) is 0 Å². The van der Waals surface area contributed by atoms with E-state index >= 15 is 0 Å². The van der Waals surface area contributed by atoms with Gasteiger partial charge in [-0.3, -0.25) is 4.79 Å². The molecule has 0 aliphatic heterocycles. The summed E-state index contributed by atoms with van der Waals surface area (Å²) in [5, 5.41) is 7.89. The van der Waals surface area contributed by atoms with E-state index in [1.165, 1.54) is 12.8 Å². The Bertz CT molecular complexity index is 224. The second kappa shape index (κ2) is 14.7. The average molecular weight is 208 g/mol. The van der Waals surface area contributed by atoms with Crippen molar-refractivity contribution in [3.63, 3.8) is 0 Å². The summed E-state index contributed by atoms with van der Waals surface area (Å²) in [4.78, 5) is 19.0. The van der Waals surface area contributed by atoms with Crippen molar-refractivity contribution in [2.75, 3.05) is 0 Å². The van der Waals surface area contributed by atoms with Crippen molar-refractivity contribution in [2.24, 2.45) is 0 Å². The highest BCUT2D eigenvalue weighted by molar-refractivity contribution is 5.70. The first-order chi connectivity index (χ1) is 7.27. The van der Waals surface area contributed by atoms with Gasteiger partial charge >= 0.3 is 5.97 Å². The van der Waals surface area contributed by atoms with E-state index in [9.17, 15) is 9.59 Å². The molecule has 0 aromatic rings. The van der Waals surface area contributed by atoms with E-state index in [-0.39, 0.29) is 12.8 Å². The molecule has 0 aromatic carbocycles. The van der Waals surface area contributed by atoms with Crippen LogP contribution in [0.25, 0.3) is 0 Å². The maximum atomic E-state index is 9.60. The van der Waals surface area contributed by atoms with E-state index in [1.807, 2.05) is 0 Å². The molecular weight excluding hydrogens is 192 g/mol. The van der Waals surface area contributed by atoms with Gasteiger partial charge in [-0.2, -0.15) is 0 Å². The number of hydrogen-bond acceptors (Lipinski definition) is 2. The van der Waals surface area contributed by atoms with Crippen LogP contribution < -0.4 is 0 Å². The highest BCUT2D eigenvalue weighted by atomic mass is 16.4. The van der Waals surface area contributed by atoms with E-state index in [0.717, 1.165) is 0 Å². The lowest BCUT2D eigenvalue weighted by atomic mass is 10.2. The molecule has 82 valence electrons. The van der Waals surface area contributed by atoms with Crippen LogP contribution in [-0.2, 0) is 9.59 Å². The summed E-state index contributed by atoms with van der Waals surface area (Å²) in [6.45, 7) is 0. The number of carbonyl (C=O) groups excluding carboxylic acids is 1. The number of aliphatic carboxylic acids is 1. The third-order valence-corrected chi connectivity index (χ3v) is 1.36. The lowest BCUT2D eigenvalue weighted by molar-refractivity contribution is -0.137. The first-order valence-corrected chi connectivity index (χ1v) is 4.58. The molecule has 3 heteroatoms. The van der Waals surface area contributed by atoms with Crippen LogP contribution >= 0.6 is 0 Å². The molecule has 0 saturated carbocycles. The fraction of sp³-hybridized carbons (Fsp3) is 0.333. The van der Waals surface area contributed by atoms with Crippen molar-refractivity contribution < 1.29 is 14.7 Å². The molecule has 0 unspecified atom stereocenters. The Morgan fingerprint density at radius 1 is 1.27 bits per heavy atom. The van der Waals surface area contributed by atoms with Crippen LogP contribution in [0.5, 0.6) is 0 Å². The maximum absolute atomic E-state index is 9.60. The Hall–Kier alpha value is -1.82. The standard InChI is InChI=1S/C6H8.C4H6O3.C2H2/c1-2-4-6-5-3-1;5-3-1-2-4(6)7;1-2/h1-4H,5-6H2;3H,1-2H2,(H,6,7);1-2H. The summed E-state index contributed by atoms with van der Waals surface area (Å²) >= 11 is 0. The van der Waals surface area contributed by atoms with Crippen molar-refractivity contribution >= 4 is 12.3 Å². The van der Waals surface area contributed by atoms with Crippen molar-refractivity contribution in [3.8, 4) is 12.8 Å². The van der Waals surface area contributed by atoms with Crippen LogP contribution in [0.3, 0.4) is 0 Å². The minimum atomic E-state index is -0.924. The number of rotatable bonds is 3. The van der Waals surface area contributed by atoms with Crippen molar-refractivity contribution in [1.82, 2.24) is 0 Å². The van der Waals surface area contributed by atoms with Gasteiger partial charge in [-0.05, 0) is 12.8 Å². The van der Waals surface area contributed by atoms with Gasteiger partial charge in [0, 0.05) is 6.42 Å². The topological polar surface area (TPSA) is 54.4 Å². The summed E-state index contributed by atoms with van der Waals surface area (Å²) in [5.41, 5.74) is 0. The molecule has 1 aliphatic carbocycles. The molecule has 0 saturated heterocycles.